The highest BCUT2D eigenvalue weighted by Gasteiger charge is 2.20. The summed E-state index contributed by atoms with van der Waals surface area (Å²) in [6.07, 6.45) is 3.47. The van der Waals surface area contributed by atoms with Crippen molar-refractivity contribution in [3.05, 3.63) is 0 Å². The predicted octanol–water partition coefficient (Wildman–Crippen LogP) is 0.375. The standard InChI is InChI=1S/C13H29N3O/c1-13(12-17,14-2)6-4-8-16-9-5-7-15(3)10-11-16/h14,17H,4-12H2,1-3H3. The Hall–Kier alpha value is -0.160. The van der Waals surface area contributed by atoms with E-state index in [1.54, 1.807) is 0 Å². The molecule has 0 aromatic carbocycles. The third kappa shape index (κ3) is 5.34. The second-order valence-corrected chi connectivity index (χ2v) is 5.57. The molecule has 1 heterocycles. The number of nitrogens with zero attached hydrogens (tertiary/aromatic N) is 2. The molecule has 4 nitrogen and oxygen atoms in total. The molecule has 0 aromatic rings. The van der Waals surface area contributed by atoms with Gasteiger partial charge in [0.2, 0.25) is 0 Å². The summed E-state index contributed by atoms with van der Waals surface area (Å²) in [5.74, 6) is 0. The van der Waals surface area contributed by atoms with Crippen LogP contribution in [0.5, 0.6) is 0 Å². The van der Waals surface area contributed by atoms with Gasteiger partial charge in [-0.3, -0.25) is 0 Å². The van der Waals surface area contributed by atoms with Crippen LogP contribution in [0.4, 0.5) is 0 Å². The monoisotopic (exact) mass is 243 g/mol. The molecule has 0 amide bonds. The number of likely N-dealkylation sites (N-methyl/N-ethyl adjacent to an activating group) is 2. The minimum absolute atomic E-state index is 0.108. The van der Waals surface area contributed by atoms with Crippen LogP contribution in [-0.2, 0) is 0 Å². The maximum absolute atomic E-state index is 9.32. The van der Waals surface area contributed by atoms with E-state index in [4.69, 9.17) is 0 Å². The molecule has 1 saturated heterocycles. The summed E-state index contributed by atoms with van der Waals surface area (Å²) in [6, 6.07) is 0. The largest absolute Gasteiger partial charge is 0.394 e. The normalized spacial score (nSPS) is 23.3. The van der Waals surface area contributed by atoms with Gasteiger partial charge in [-0.15, -0.1) is 0 Å². The first-order valence-corrected chi connectivity index (χ1v) is 6.80. The maximum atomic E-state index is 9.32. The van der Waals surface area contributed by atoms with E-state index in [1.807, 2.05) is 7.05 Å². The van der Waals surface area contributed by atoms with Crippen LogP contribution in [-0.4, -0.2) is 73.9 Å². The first-order valence-electron chi connectivity index (χ1n) is 6.80. The van der Waals surface area contributed by atoms with E-state index in [1.165, 1.54) is 32.6 Å². The van der Waals surface area contributed by atoms with Gasteiger partial charge in [0.25, 0.3) is 0 Å². The number of aliphatic hydroxyl groups is 1. The fourth-order valence-electron chi connectivity index (χ4n) is 2.30. The maximum Gasteiger partial charge on any atom is 0.0610 e. The first-order chi connectivity index (χ1) is 8.09. The minimum Gasteiger partial charge on any atom is -0.394 e. The van der Waals surface area contributed by atoms with Crippen LogP contribution in [0.1, 0.15) is 26.2 Å². The molecular weight excluding hydrogens is 214 g/mol. The van der Waals surface area contributed by atoms with Crippen LogP contribution in [0.25, 0.3) is 0 Å². The molecule has 1 rings (SSSR count). The molecule has 102 valence electrons. The first kappa shape index (κ1) is 14.9. The fourth-order valence-corrected chi connectivity index (χ4v) is 2.30. The van der Waals surface area contributed by atoms with Gasteiger partial charge >= 0.3 is 0 Å². The Morgan fingerprint density at radius 3 is 2.65 bits per heavy atom. The van der Waals surface area contributed by atoms with Crippen molar-refractivity contribution in [2.75, 3.05) is 53.4 Å². The highest BCUT2D eigenvalue weighted by atomic mass is 16.3. The molecule has 0 spiro atoms. The molecule has 1 unspecified atom stereocenters. The smallest absolute Gasteiger partial charge is 0.0610 e. The van der Waals surface area contributed by atoms with Gasteiger partial charge in [-0.1, -0.05) is 0 Å². The van der Waals surface area contributed by atoms with Crippen LogP contribution in [0.15, 0.2) is 0 Å². The summed E-state index contributed by atoms with van der Waals surface area (Å²) in [5, 5.41) is 12.5. The van der Waals surface area contributed by atoms with Gasteiger partial charge in [0, 0.05) is 18.6 Å². The van der Waals surface area contributed by atoms with E-state index in [2.05, 4.69) is 29.1 Å². The quantitative estimate of drug-likeness (QED) is 0.707. The minimum atomic E-state index is -0.108. The van der Waals surface area contributed by atoms with Crippen molar-refractivity contribution < 1.29 is 5.11 Å². The van der Waals surface area contributed by atoms with Gasteiger partial charge in [0.15, 0.2) is 0 Å². The van der Waals surface area contributed by atoms with Gasteiger partial charge in [0.1, 0.15) is 0 Å². The SMILES string of the molecule is CNC(C)(CO)CCCN1CCCN(C)CC1. The summed E-state index contributed by atoms with van der Waals surface area (Å²) < 4.78 is 0. The molecular formula is C13H29N3O. The lowest BCUT2D eigenvalue weighted by atomic mass is 9.97. The van der Waals surface area contributed by atoms with Crippen molar-refractivity contribution >= 4 is 0 Å². The Bertz CT molecular complexity index is 207. The zero-order valence-electron chi connectivity index (χ0n) is 11.7. The molecule has 17 heavy (non-hydrogen) atoms. The number of hydrogen-bond acceptors (Lipinski definition) is 4. The lowest BCUT2D eigenvalue weighted by Gasteiger charge is -2.28. The Balaban J connectivity index is 2.21. The number of nitrogens with one attached hydrogen (secondary N) is 1. The molecule has 0 radical (unpaired) electrons. The van der Waals surface area contributed by atoms with E-state index in [0.717, 1.165) is 19.4 Å². The molecule has 1 fully saturated rings. The summed E-state index contributed by atoms with van der Waals surface area (Å²) >= 11 is 0. The number of hydrogen-bond donors (Lipinski definition) is 2. The van der Waals surface area contributed by atoms with Crippen LogP contribution in [0.2, 0.25) is 0 Å². The molecule has 1 aliphatic heterocycles. The predicted molar refractivity (Wildman–Crippen MR) is 72.3 cm³/mol. The number of aliphatic hydroxyl groups excluding tert-OH is 1. The molecule has 0 aromatic heterocycles. The zero-order chi connectivity index (χ0) is 12.7. The zero-order valence-corrected chi connectivity index (χ0v) is 11.7. The van der Waals surface area contributed by atoms with Crippen molar-refractivity contribution in [3.63, 3.8) is 0 Å². The summed E-state index contributed by atoms with van der Waals surface area (Å²) in [6.45, 7) is 8.27. The van der Waals surface area contributed by atoms with E-state index >= 15 is 0 Å². The Kier molecular flexibility index (Phi) is 6.41. The molecule has 2 N–H and O–H groups in total. The second-order valence-electron chi connectivity index (χ2n) is 5.57. The average molecular weight is 243 g/mol. The van der Waals surface area contributed by atoms with Crippen molar-refractivity contribution in [1.29, 1.82) is 0 Å². The van der Waals surface area contributed by atoms with Gasteiger partial charge in [-0.25, -0.2) is 0 Å². The lowest BCUT2D eigenvalue weighted by Crippen LogP contribution is -2.44. The number of rotatable bonds is 6. The Morgan fingerprint density at radius 1 is 1.24 bits per heavy atom. The van der Waals surface area contributed by atoms with E-state index in [9.17, 15) is 5.11 Å². The average Bonchev–Trinajstić information content (AvgIpc) is 2.54. The molecule has 0 aliphatic carbocycles. The second kappa shape index (κ2) is 7.31. The van der Waals surface area contributed by atoms with E-state index in [-0.39, 0.29) is 12.1 Å². The molecule has 4 heteroatoms. The highest BCUT2D eigenvalue weighted by molar-refractivity contribution is 4.81. The third-order valence-electron chi connectivity index (χ3n) is 3.97. The Labute approximate surface area is 106 Å². The van der Waals surface area contributed by atoms with Crippen molar-refractivity contribution in [2.45, 2.75) is 31.7 Å². The van der Waals surface area contributed by atoms with Crippen LogP contribution in [0, 0.1) is 0 Å². The highest BCUT2D eigenvalue weighted by Crippen LogP contribution is 2.12. The van der Waals surface area contributed by atoms with Gasteiger partial charge < -0.3 is 20.2 Å². The summed E-state index contributed by atoms with van der Waals surface area (Å²) in [4.78, 5) is 4.96. The molecule has 1 atom stereocenters. The van der Waals surface area contributed by atoms with Crippen molar-refractivity contribution in [3.8, 4) is 0 Å². The van der Waals surface area contributed by atoms with Crippen LogP contribution < -0.4 is 5.32 Å². The molecule has 0 saturated carbocycles. The van der Waals surface area contributed by atoms with E-state index < -0.39 is 0 Å². The van der Waals surface area contributed by atoms with Gasteiger partial charge in [-0.05, 0) is 59.9 Å². The van der Waals surface area contributed by atoms with E-state index in [0.29, 0.717) is 0 Å². The van der Waals surface area contributed by atoms with Gasteiger partial charge in [-0.2, -0.15) is 0 Å². The molecule has 1 aliphatic rings. The van der Waals surface area contributed by atoms with Crippen LogP contribution in [0.3, 0.4) is 0 Å². The van der Waals surface area contributed by atoms with Crippen molar-refractivity contribution in [1.82, 2.24) is 15.1 Å². The Morgan fingerprint density at radius 2 is 2.00 bits per heavy atom. The van der Waals surface area contributed by atoms with Gasteiger partial charge in [0.05, 0.1) is 6.61 Å². The molecule has 0 bridgehead atoms. The van der Waals surface area contributed by atoms with Crippen LogP contribution >= 0.6 is 0 Å². The fraction of sp³-hybridized carbons (Fsp3) is 1.00. The third-order valence-corrected chi connectivity index (χ3v) is 3.97. The summed E-state index contributed by atoms with van der Waals surface area (Å²) in [5.41, 5.74) is -0.108. The van der Waals surface area contributed by atoms with Crippen molar-refractivity contribution in [2.24, 2.45) is 0 Å². The lowest BCUT2D eigenvalue weighted by molar-refractivity contribution is 0.164. The topological polar surface area (TPSA) is 38.7 Å². The summed E-state index contributed by atoms with van der Waals surface area (Å²) in [7, 11) is 4.13.